The third-order valence-electron chi connectivity index (χ3n) is 3.24. The van der Waals surface area contributed by atoms with Crippen LogP contribution in [0.1, 0.15) is 36.8 Å². The van der Waals surface area contributed by atoms with Gasteiger partial charge in [-0.05, 0) is 32.4 Å². The van der Waals surface area contributed by atoms with Crippen molar-refractivity contribution in [3.8, 4) is 0 Å². The molecule has 0 saturated carbocycles. The minimum Gasteiger partial charge on any atom is -0.394 e. The second-order valence-electron chi connectivity index (χ2n) is 5.07. The van der Waals surface area contributed by atoms with Crippen LogP contribution in [0.2, 0.25) is 0 Å². The van der Waals surface area contributed by atoms with Crippen molar-refractivity contribution in [1.29, 1.82) is 0 Å². The van der Waals surface area contributed by atoms with Gasteiger partial charge in [0.15, 0.2) is 0 Å². The SMILES string of the molecule is CCc1cc(C(=O)N(C)C(C)(C)CO)cc(NN)n1. The van der Waals surface area contributed by atoms with E-state index < -0.39 is 5.54 Å². The lowest BCUT2D eigenvalue weighted by Crippen LogP contribution is -2.47. The Hall–Kier alpha value is -1.66. The van der Waals surface area contributed by atoms with Gasteiger partial charge in [-0.25, -0.2) is 10.8 Å². The summed E-state index contributed by atoms with van der Waals surface area (Å²) in [4.78, 5) is 18.2. The third kappa shape index (κ3) is 3.42. The van der Waals surface area contributed by atoms with Crippen molar-refractivity contribution in [1.82, 2.24) is 9.88 Å². The molecule has 0 aliphatic heterocycles. The van der Waals surface area contributed by atoms with Gasteiger partial charge in [0.05, 0.1) is 12.1 Å². The number of amides is 1. The summed E-state index contributed by atoms with van der Waals surface area (Å²) in [6.45, 7) is 5.45. The number of carbonyl (C=O) groups is 1. The summed E-state index contributed by atoms with van der Waals surface area (Å²) in [7, 11) is 1.67. The van der Waals surface area contributed by atoms with Crippen molar-refractivity contribution in [2.45, 2.75) is 32.7 Å². The summed E-state index contributed by atoms with van der Waals surface area (Å²) in [5, 5.41) is 9.32. The van der Waals surface area contributed by atoms with Crippen LogP contribution >= 0.6 is 0 Å². The van der Waals surface area contributed by atoms with Gasteiger partial charge in [-0.15, -0.1) is 0 Å². The van der Waals surface area contributed by atoms with Gasteiger partial charge in [0, 0.05) is 18.3 Å². The van der Waals surface area contributed by atoms with E-state index in [1.165, 1.54) is 4.90 Å². The molecule has 0 bridgehead atoms. The fourth-order valence-corrected chi connectivity index (χ4v) is 1.54. The summed E-state index contributed by atoms with van der Waals surface area (Å²) < 4.78 is 0. The average molecular weight is 266 g/mol. The highest BCUT2D eigenvalue weighted by Gasteiger charge is 2.27. The van der Waals surface area contributed by atoms with Gasteiger partial charge in [-0.1, -0.05) is 6.92 Å². The van der Waals surface area contributed by atoms with Gasteiger partial charge in [-0.2, -0.15) is 0 Å². The summed E-state index contributed by atoms with van der Waals surface area (Å²) in [5.41, 5.74) is 3.13. The normalized spacial score (nSPS) is 11.3. The van der Waals surface area contributed by atoms with E-state index in [4.69, 9.17) is 5.84 Å². The summed E-state index contributed by atoms with van der Waals surface area (Å²) >= 11 is 0. The number of nitrogen functional groups attached to an aromatic ring is 1. The monoisotopic (exact) mass is 266 g/mol. The van der Waals surface area contributed by atoms with Crippen molar-refractivity contribution in [2.24, 2.45) is 5.84 Å². The second kappa shape index (κ2) is 5.99. The zero-order valence-electron chi connectivity index (χ0n) is 11.9. The van der Waals surface area contributed by atoms with Crippen LogP contribution in [-0.4, -0.2) is 40.1 Å². The van der Waals surface area contributed by atoms with E-state index >= 15 is 0 Å². The first-order valence-corrected chi connectivity index (χ1v) is 6.22. The molecule has 0 spiro atoms. The van der Waals surface area contributed by atoms with Crippen LogP contribution in [0.25, 0.3) is 0 Å². The number of hydrazine groups is 1. The molecule has 1 heterocycles. The van der Waals surface area contributed by atoms with Gasteiger partial charge in [0.25, 0.3) is 5.91 Å². The number of likely N-dealkylation sites (N-methyl/N-ethyl adjacent to an activating group) is 1. The van der Waals surface area contributed by atoms with Crippen LogP contribution < -0.4 is 11.3 Å². The van der Waals surface area contributed by atoms with Crippen molar-refractivity contribution in [2.75, 3.05) is 19.1 Å². The molecular weight excluding hydrogens is 244 g/mol. The Kier molecular flexibility index (Phi) is 4.85. The molecule has 19 heavy (non-hydrogen) atoms. The number of aliphatic hydroxyl groups excluding tert-OH is 1. The molecule has 0 unspecified atom stereocenters. The van der Waals surface area contributed by atoms with E-state index in [0.29, 0.717) is 17.8 Å². The highest BCUT2D eigenvalue weighted by Crippen LogP contribution is 2.18. The molecule has 6 nitrogen and oxygen atoms in total. The van der Waals surface area contributed by atoms with Crippen LogP contribution in [0.4, 0.5) is 5.82 Å². The van der Waals surface area contributed by atoms with E-state index in [9.17, 15) is 9.90 Å². The second-order valence-corrected chi connectivity index (χ2v) is 5.07. The number of hydrogen-bond acceptors (Lipinski definition) is 5. The van der Waals surface area contributed by atoms with Gasteiger partial charge in [-0.3, -0.25) is 4.79 Å². The smallest absolute Gasteiger partial charge is 0.254 e. The summed E-state index contributed by atoms with van der Waals surface area (Å²) in [5.74, 6) is 5.64. The van der Waals surface area contributed by atoms with E-state index in [2.05, 4.69) is 10.4 Å². The molecule has 4 N–H and O–H groups in total. The molecule has 6 heteroatoms. The molecule has 1 rings (SSSR count). The summed E-state index contributed by atoms with van der Waals surface area (Å²) in [6.07, 6.45) is 0.711. The molecule has 0 radical (unpaired) electrons. The molecule has 1 amide bonds. The lowest BCUT2D eigenvalue weighted by molar-refractivity contribution is 0.0473. The van der Waals surface area contributed by atoms with E-state index in [1.807, 2.05) is 6.92 Å². The lowest BCUT2D eigenvalue weighted by Gasteiger charge is -2.34. The Labute approximate surface area is 113 Å². The van der Waals surface area contributed by atoms with Gasteiger partial charge < -0.3 is 15.4 Å². The predicted octanol–water partition coefficient (Wildman–Crippen LogP) is 0.772. The molecule has 0 saturated heterocycles. The van der Waals surface area contributed by atoms with Crippen LogP contribution in [0.15, 0.2) is 12.1 Å². The topological polar surface area (TPSA) is 91.5 Å². The molecule has 0 atom stereocenters. The van der Waals surface area contributed by atoms with Crippen LogP contribution in [0.3, 0.4) is 0 Å². The maximum absolute atomic E-state index is 12.4. The number of nitrogens with one attached hydrogen (secondary N) is 1. The molecule has 1 aromatic heterocycles. The molecule has 106 valence electrons. The largest absolute Gasteiger partial charge is 0.394 e. The first-order valence-electron chi connectivity index (χ1n) is 6.22. The number of nitrogens with two attached hydrogens (primary N) is 1. The first kappa shape index (κ1) is 15.4. The average Bonchev–Trinajstić information content (AvgIpc) is 2.44. The van der Waals surface area contributed by atoms with Crippen molar-refractivity contribution < 1.29 is 9.90 Å². The molecule has 0 fully saturated rings. The van der Waals surface area contributed by atoms with Gasteiger partial charge in [0.2, 0.25) is 0 Å². The number of hydrogen-bond donors (Lipinski definition) is 3. The van der Waals surface area contributed by atoms with Crippen molar-refractivity contribution in [3.63, 3.8) is 0 Å². The number of pyridine rings is 1. The molecule has 0 aliphatic rings. The zero-order valence-corrected chi connectivity index (χ0v) is 11.9. The van der Waals surface area contributed by atoms with Crippen LogP contribution in [-0.2, 0) is 6.42 Å². The molecule has 1 aromatic rings. The highest BCUT2D eigenvalue weighted by molar-refractivity contribution is 5.95. The lowest BCUT2D eigenvalue weighted by atomic mass is 10.0. The van der Waals surface area contributed by atoms with Crippen molar-refractivity contribution >= 4 is 11.7 Å². The first-order chi connectivity index (χ1) is 8.85. The zero-order chi connectivity index (χ0) is 14.6. The number of nitrogens with zero attached hydrogens (tertiary/aromatic N) is 2. The van der Waals surface area contributed by atoms with Crippen molar-refractivity contribution in [3.05, 3.63) is 23.4 Å². The molecule has 0 aromatic carbocycles. The van der Waals surface area contributed by atoms with E-state index in [-0.39, 0.29) is 12.5 Å². The number of anilines is 1. The minimum atomic E-state index is -0.622. The van der Waals surface area contributed by atoms with Crippen LogP contribution in [0, 0.1) is 0 Å². The standard InChI is InChI=1S/C13H22N4O2/c1-5-10-6-9(7-11(15-10)16-14)12(19)17(4)13(2,3)8-18/h6-7,18H,5,8,14H2,1-4H3,(H,15,16). The number of carbonyl (C=O) groups excluding carboxylic acids is 1. The van der Waals surface area contributed by atoms with Crippen LogP contribution in [0.5, 0.6) is 0 Å². The van der Waals surface area contributed by atoms with Gasteiger partial charge >= 0.3 is 0 Å². The minimum absolute atomic E-state index is 0.108. The fourth-order valence-electron chi connectivity index (χ4n) is 1.54. The Morgan fingerprint density at radius 1 is 1.53 bits per heavy atom. The maximum atomic E-state index is 12.4. The Bertz CT molecular complexity index is 438. The van der Waals surface area contributed by atoms with E-state index in [0.717, 1.165) is 5.69 Å². The summed E-state index contributed by atoms with van der Waals surface area (Å²) in [6, 6.07) is 3.35. The number of rotatable bonds is 5. The quantitative estimate of drug-likeness (QED) is 0.541. The number of aliphatic hydroxyl groups is 1. The maximum Gasteiger partial charge on any atom is 0.254 e. The Morgan fingerprint density at radius 2 is 2.16 bits per heavy atom. The Balaban J connectivity index is 3.12. The number of aryl methyl sites for hydroxylation is 1. The number of aromatic nitrogens is 1. The predicted molar refractivity (Wildman–Crippen MR) is 74.7 cm³/mol. The van der Waals surface area contributed by atoms with Gasteiger partial charge in [0.1, 0.15) is 5.82 Å². The molecule has 0 aliphatic carbocycles. The third-order valence-corrected chi connectivity index (χ3v) is 3.24. The van der Waals surface area contributed by atoms with E-state index in [1.54, 1.807) is 33.0 Å². The Morgan fingerprint density at radius 3 is 2.63 bits per heavy atom. The highest BCUT2D eigenvalue weighted by atomic mass is 16.3. The molecular formula is C13H22N4O2. The fraction of sp³-hybridized carbons (Fsp3) is 0.538.